The number of anilines is 2. The molecule has 0 radical (unpaired) electrons. The number of ether oxygens (including phenoxy) is 1. The molecule has 1 heterocycles. The van der Waals surface area contributed by atoms with Gasteiger partial charge in [-0.2, -0.15) is 5.10 Å². The molecule has 0 spiro atoms. The summed E-state index contributed by atoms with van der Waals surface area (Å²) in [6, 6.07) is 6.03. The maximum absolute atomic E-state index is 5.70. The van der Waals surface area contributed by atoms with Crippen molar-refractivity contribution < 1.29 is 4.74 Å². The van der Waals surface area contributed by atoms with Crippen LogP contribution in [0.3, 0.4) is 0 Å². The van der Waals surface area contributed by atoms with Crippen LogP contribution in [-0.4, -0.2) is 17.8 Å². The second-order valence-corrected chi connectivity index (χ2v) is 5.20. The summed E-state index contributed by atoms with van der Waals surface area (Å²) in [4.78, 5) is 4.07. The molecular weight excluding hydrogens is 272 g/mol. The van der Waals surface area contributed by atoms with E-state index < -0.39 is 0 Å². The van der Waals surface area contributed by atoms with Gasteiger partial charge in [0.1, 0.15) is 11.6 Å². The standard InChI is InChI=1S/C14H18N4OS/c1-3-6-19-12-5-4-10(2)7-11(12)8-16-18-14-17-13(15)9-20-14/h4-5,7-9H,3,6,15H2,1-2H3,(H,17,18). The van der Waals surface area contributed by atoms with Crippen LogP contribution in [0.2, 0.25) is 0 Å². The highest BCUT2D eigenvalue weighted by Crippen LogP contribution is 2.19. The number of benzene rings is 1. The van der Waals surface area contributed by atoms with Crippen molar-refractivity contribution in [3.8, 4) is 5.75 Å². The van der Waals surface area contributed by atoms with Crippen LogP contribution < -0.4 is 15.9 Å². The number of aryl methyl sites for hydroxylation is 1. The quantitative estimate of drug-likeness (QED) is 0.632. The smallest absolute Gasteiger partial charge is 0.205 e. The van der Waals surface area contributed by atoms with Gasteiger partial charge in [0.05, 0.1) is 12.8 Å². The summed E-state index contributed by atoms with van der Waals surface area (Å²) in [6.45, 7) is 4.81. The molecule has 0 aliphatic heterocycles. The molecule has 0 amide bonds. The molecule has 0 saturated heterocycles. The van der Waals surface area contributed by atoms with Gasteiger partial charge in [-0.15, -0.1) is 11.3 Å². The Morgan fingerprint density at radius 3 is 3.05 bits per heavy atom. The Labute approximate surface area is 122 Å². The van der Waals surface area contributed by atoms with Gasteiger partial charge in [-0.1, -0.05) is 18.6 Å². The molecule has 106 valence electrons. The highest BCUT2D eigenvalue weighted by molar-refractivity contribution is 7.14. The lowest BCUT2D eigenvalue weighted by atomic mass is 10.1. The van der Waals surface area contributed by atoms with E-state index in [1.807, 2.05) is 25.1 Å². The SMILES string of the molecule is CCCOc1ccc(C)cc1C=NNc1nc(N)cs1. The largest absolute Gasteiger partial charge is 0.493 e. The summed E-state index contributed by atoms with van der Waals surface area (Å²) < 4.78 is 5.70. The van der Waals surface area contributed by atoms with Crippen LogP contribution in [0.1, 0.15) is 24.5 Å². The first-order chi connectivity index (χ1) is 9.69. The van der Waals surface area contributed by atoms with Crippen LogP contribution in [0, 0.1) is 6.92 Å². The van der Waals surface area contributed by atoms with Crippen LogP contribution in [0.15, 0.2) is 28.7 Å². The monoisotopic (exact) mass is 290 g/mol. The van der Waals surface area contributed by atoms with Gasteiger partial charge in [0.15, 0.2) is 0 Å². The molecule has 0 aliphatic carbocycles. The predicted molar refractivity (Wildman–Crippen MR) is 84.7 cm³/mol. The number of aromatic nitrogens is 1. The van der Waals surface area contributed by atoms with Crippen LogP contribution >= 0.6 is 11.3 Å². The van der Waals surface area contributed by atoms with Gasteiger partial charge in [-0.05, 0) is 25.5 Å². The second-order valence-electron chi connectivity index (χ2n) is 4.34. The van der Waals surface area contributed by atoms with Crippen molar-refractivity contribution in [3.63, 3.8) is 0 Å². The summed E-state index contributed by atoms with van der Waals surface area (Å²) in [5.74, 6) is 1.33. The third-order valence-electron chi connectivity index (χ3n) is 2.51. The van der Waals surface area contributed by atoms with Crippen molar-refractivity contribution in [2.45, 2.75) is 20.3 Å². The summed E-state index contributed by atoms with van der Waals surface area (Å²) >= 11 is 1.41. The highest BCUT2D eigenvalue weighted by atomic mass is 32.1. The fraction of sp³-hybridized carbons (Fsp3) is 0.286. The van der Waals surface area contributed by atoms with E-state index in [0.29, 0.717) is 17.6 Å². The first-order valence-electron chi connectivity index (χ1n) is 6.42. The molecule has 0 atom stereocenters. The Kier molecular flexibility index (Phi) is 4.95. The zero-order valence-corrected chi connectivity index (χ0v) is 12.4. The number of nitrogens with two attached hydrogens (primary N) is 1. The average molecular weight is 290 g/mol. The molecule has 5 nitrogen and oxygen atoms in total. The summed E-state index contributed by atoms with van der Waals surface area (Å²) in [6.07, 6.45) is 2.71. The van der Waals surface area contributed by atoms with E-state index in [-0.39, 0.29) is 0 Å². The van der Waals surface area contributed by atoms with E-state index in [9.17, 15) is 0 Å². The van der Waals surface area contributed by atoms with Gasteiger partial charge < -0.3 is 10.5 Å². The molecule has 2 aromatic rings. The van der Waals surface area contributed by atoms with Crippen molar-refractivity contribution in [3.05, 3.63) is 34.7 Å². The summed E-state index contributed by atoms with van der Waals surface area (Å²) in [5.41, 5.74) is 10.5. The van der Waals surface area contributed by atoms with Crippen molar-refractivity contribution in [2.75, 3.05) is 17.8 Å². The van der Waals surface area contributed by atoms with Crippen molar-refractivity contribution in [2.24, 2.45) is 5.10 Å². The van der Waals surface area contributed by atoms with Gasteiger partial charge in [-0.25, -0.2) is 4.98 Å². The van der Waals surface area contributed by atoms with E-state index in [4.69, 9.17) is 10.5 Å². The first kappa shape index (κ1) is 14.3. The third kappa shape index (κ3) is 3.96. The minimum atomic E-state index is 0.496. The molecule has 20 heavy (non-hydrogen) atoms. The predicted octanol–water partition coefficient (Wildman–Crippen LogP) is 3.27. The Hall–Kier alpha value is -2.08. The zero-order chi connectivity index (χ0) is 14.4. The van der Waals surface area contributed by atoms with Crippen LogP contribution in [0.4, 0.5) is 10.9 Å². The minimum Gasteiger partial charge on any atom is -0.493 e. The van der Waals surface area contributed by atoms with Crippen molar-refractivity contribution in [1.82, 2.24) is 4.98 Å². The lowest BCUT2D eigenvalue weighted by molar-refractivity contribution is 0.317. The number of nitrogen functional groups attached to an aromatic ring is 1. The molecule has 6 heteroatoms. The maximum Gasteiger partial charge on any atom is 0.205 e. The minimum absolute atomic E-state index is 0.496. The molecule has 2 rings (SSSR count). The topological polar surface area (TPSA) is 72.5 Å². The number of hydrazone groups is 1. The zero-order valence-electron chi connectivity index (χ0n) is 11.6. The van der Waals surface area contributed by atoms with Gasteiger partial charge in [-0.3, -0.25) is 5.43 Å². The molecule has 1 aromatic carbocycles. The Bertz CT molecular complexity index is 595. The van der Waals surface area contributed by atoms with Crippen LogP contribution in [-0.2, 0) is 0 Å². The number of nitrogens with one attached hydrogen (secondary N) is 1. The molecule has 0 aliphatic rings. The number of hydrogen-bond acceptors (Lipinski definition) is 6. The summed E-state index contributed by atoms with van der Waals surface area (Å²) in [7, 11) is 0. The van der Waals surface area contributed by atoms with Crippen molar-refractivity contribution in [1.29, 1.82) is 0 Å². The number of nitrogens with zero attached hydrogens (tertiary/aromatic N) is 2. The van der Waals surface area contributed by atoms with Gasteiger partial charge in [0.2, 0.25) is 5.13 Å². The molecule has 0 unspecified atom stereocenters. The average Bonchev–Trinajstić information content (AvgIpc) is 2.84. The fourth-order valence-electron chi connectivity index (χ4n) is 1.61. The first-order valence-corrected chi connectivity index (χ1v) is 7.30. The van der Waals surface area contributed by atoms with Gasteiger partial charge in [0, 0.05) is 10.9 Å². The van der Waals surface area contributed by atoms with E-state index in [1.54, 1.807) is 11.6 Å². The molecule has 0 saturated carbocycles. The van der Waals surface area contributed by atoms with Gasteiger partial charge in [0.25, 0.3) is 0 Å². The molecule has 3 N–H and O–H groups in total. The van der Waals surface area contributed by atoms with E-state index in [1.165, 1.54) is 11.3 Å². The maximum atomic E-state index is 5.70. The van der Waals surface area contributed by atoms with E-state index in [0.717, 1.165) is 23.3 Å². The van der Waals surface area contributed by atoms with Gasteiger partial charge >= 0.3 is 0 Å². The Morgan fingerprint density at radius 1 is 1.50 bits per heavy atom. The number of rotatable bonds is 6. The Morgan fingerprint density at radius 2 is 2.35 bits per heavy atom. The Balaban J connectivity index is 2.08. The third-order valence-corrected chi connectivity index (χ3v) is 3.28. The molecule has 1 aromatic heterocycles. The van der Waals surface area contributed by atoms with Crippen molar-refractivity contribution >= 4 is 28.5 Å². The molecular formula is C14H18N4OS. The number of thiazole rings is 1. The number of hydrogen-bond donors (Lipinski definition) is 2. The van der Waals surface area contributed by atoms with E-state index >= 15 is 0 Å². The van der Waals surface area contributed by atoms with Crippen LogP contribution in [0.25, 0.3) is 0 Å². The lowest BCUT2D eigenvalue weighted by Crippen LogP contribution is -2.00. The summed E-state index contributed by atoms with van der Waals surface area (Å²) in [5, 5.41) is 6.61. The second kappa shape index (κ2) is 6.91. The van der Waals surface area contributed by atoms with Crippen LogP contribution in [0.5, 0.6) is 5.75 Å². The fourth-order valence-corrected chi connectivity index (χ4v) is 2.16. The normalized spacial score (nSPS) is 10.9. The van der Waals surface area contributed by atoms with E-state index in [2.05, 4.69) is 22.4 Å². The molecule has 0 bridgehead atoms. The highest BCUT2D eigenvalue weighted by Gasteiger charge is 2.02. The molecule has 0 fully saturated rings. The lowest BCUT2D eigenvalue weighted by Gasteiger charge is -2.08.